The molecular formula is C25H35N3O3. The minimum atomic E-state index is -0.725. The highest BCUT2D eigenvalue weighted by atomic mass is 16.5. The number of aromatic nitrogens is 3. The van der Waals surface area contributed by atoms with E-state index in [2.05, 4.69) is 51.9 Å². The maximum Gasteiger partial charge on any atom is 0.274 e. The number of hydrogen-bond acceptors (Lipinski definition) is 4. The molecule has 0 amide bonds. The molecule has 168 valence electrons. The van der Waals surface area contributed by atoms with Crippen molar-refractivity contribution in [1.82, 2.24) is 14.2 Å². The number of aliphatic hydroxyl groups is 1. The lowest BCUT2D eigenvalue weighted by Gasteiger charge is -2.33. The van der Waals surface area contributed by atoms with Crippen molar-refractivity contribution < 1.29 is 9.84 Å². The third-order valence-electron chi connectivity index (χ3n) is 5.50. The van der Waals surface area contributed by atoms with Gasteiger partial charge in [-0.1, -0.05) is 46.8 Å². The Bertz CT molecular complexity index is 1100. The van der Waals surface area contributed by atoms with Gasteiger partial charge in [-0.25, -0.2) is 0 Å². The van der Waals surface area contributed by atoms with E-state index in [1.165, 1.54) is 16.1 Å². The molecule has 0 bridgehead atoms. The Balaban J connectivity index is 1.66. The number of fused-ring (bicyclic) bond motifs is 1. The SMILES string of the molecule is Cc1cc2n(C[C@H](O)COc3ccc(C(C)(C)CC(C)(C)C)cc3)c(C)cc(=O)n2n1. The summed E-state index contributed by atoms with van der Waals surface area (Å²) in [6.45, 7) is 15.5. The fourth-order valence-electron chi connectivity index (χ4n) is 4.46. The molecule has 6 nitrogen and oxygen atoms in total. The van der Waals surface area contributed by atoms with Gasteiger partial charge in [0.15, 0.2) is 0 Å². The third kappa shape index (κ3) is 5.56. The standard InChI is InChI=1S/C25H35N3O3/c1-17-12-22-27(18(2)13-23(30)28(22)26-17)14-20(29)15-31-21-10-8-19(9-11-21)25(6,7)16-24(3,4)5/h8-13,20,29H,14-16H2,1-7H3/t20-/m0/s1. The lowest BCUT2D eigenvalue weighted by Crippen LogP contribution is -2.28. The van der Waals surface area contributed by atoms with Crippen molar-refractivity contribution in [2.24, 2.45) is 5.41 Å². The topological polar surface area (TPSA) is 68.8 Å². The highest BCUT2D eigenvalue weighted by Crippen LogP contribution is 2.36. The molecule has 31 heavy (non-hydrogen) atoms. The first kappa shape index (κ1) is 23.1. The summed E-state index contributed by atoms with van der Waals surface area (Å²) < 4.78 is 9.11. The summed E-state index contributed by atoms with van der Waals surface area (Å²) in [6, 6.07) is 11.5. The van der Waals surface area contributed by atoms with E-state index in [4.69, 9.17) is 4.74 Å². The van der Waals surface area contributed by atoms with E-state index in [0.29, 0.717) is 12.2 Å². The number of rotatable bonds is 7. The number of benzene rings is 1. The number of ether oxygens (including phenoxy) is 1. The summed E-state index contributed by atoms with van der Waals surface area (Å²) in [5.74, 6) is 0.733. The summed E-state index contributed by atoms with van der Waals surface area (Å²) in [5.41, 5.74) is 3.65. The van der Waals surface area contributed by atoms with Crippen LogP contribution in [0.5, 0.6) is 5.75 Å². The monoisotopic (exact) mass is 425 g/mol. The Kier molecular flexibility index (Phi) is 6.33. The Labute approximate surface area is 184 Å². The van der Waals surface area contributed by atoms with Crippen LogP contribution in [0.15, 0.2) is 41.2 Å². The van der Waals surface area contributed by atoms with Crippen LogP contribution in [0.3, 0.4) is 0 Å². The molecule has 0 aliphatic rings. The largest absolute Gasteiger partial charge is 0.491 e. The molecule has 2 aromatic heterocycles. The van der Waals surface area contributed by atoms with Crippen molar-refractivity contribution in [3.63, 3.8) is 0 Å². The van der Waals surface area contributed by atoms with Gasteiger partial charge in [-0.3, -0.25) is 4.79 Å². The molecule has 6 heteroatoms. The molecule has 1 aromatic carbocycles. The van der Waals surface area contributed by atoms with Gasteiger partial charge in [0.05, 0.1) is 12.2 Å². The van der Waals surface area contributed by atoms with E-state index in [1.54, 1.807) is 0 Å². The first-order valence-corrected chi connectivity index (χ1v) is 10.8. The van der Waals surface area contributed by atoms with Crippen LogP contribution in [0, 0.1) is 19.3 Å². The van der Waals surface area contributed by atoms with Crippen molar-refractivity contribution in [3.05, 3.63) is 63.7 Å². The van der Waals surface area contributed by atoms with Gasteiger partial charge in [0.25, 0.3) is 5.56 Å². The molecule has 0 fully saturated rings. The van der Waals surface area contributed by atoms with Crippen molar-refractivity contribution in [3.8, 4) is 5.75 Å². The zero-order valence-electron chi connectivity index (χ0n) is 19.8. The molecule has 0 spiro atoms. The molecular weight excluding hydrogens is 390 g/mol. The predicted molar refractivity (Wildman–Crippen MR) is 124 cm³/mol. The molecule has 1 atom stereocenters. The van der Waals surface area contributed by atoms with Crippen LogP contribution < -0.4 is 10.3 Å². The number of aryl methyl sites for hydroxylation is 2. The van der Waals surface area contributed by atoms with E-state index in [1.807, 2.05) is 36.6 Å². The van der Waals surface area contributed by atoms with Gasteiger partial charge >= 0.3 is 0 Å². The average molecular weight is 426 g/mol. The highest BCUT2D eigenvalue weighted by Gasteiger charge is 2.27. The average Bonchev–Trinajstić information content (AvgIpc) is 3.04. The first-order chi connectivity index (χ1) is 14.4. The van der Waals surface area contributed by atoms with Gasteiger partial charge in [0, 0.05) is 17.8 Å². The van der Waals surface area contributed by atoms with Crippen LogP contribution in [0.4, 0.5) is 0 Å². The van der Waals surface area contributed by atoms with Gasteiger partial charge in [-0.2, -0.15) is 9.61 Å². The van der Waals surface area contributed by atoms with Gasteiger partial charge in [-0.05, 0) is 48.8 Å². The van der Waals surface area contributed by atoms with Gasteiger partial charge in [-0.15, -0.1) is 0 Å². The van der Waals surface area contributed by atoms with E-state index >= 15 is 0 Å². The predicted octanol–water partition coefficient (Wildman–Crippen LogP) is 4.27. The van der Waals surface area contributed by atoms with Gasteiger partial charge < -0.3 is 14.4 Å². The van der Waals surface area contributed by atoms with Crippen molar-refractivity contribution in [2.45, 2.75) is 73.0 Å². The fourth-order valence-corrected chi connectivity index (χ4v) is 4.46. The van der Waals surface area contributed by atoms with Crippen molar-refractivity contribution in [2.75, 3.05) is 6.61 Å². The minimum absolute atomic E-state index is 0.0763. The Morgan fingerprint density at radius 2 is 1.71 bits per heavy atom. The fraction of sp³-hybridized carbons (Fsp3) is 0.520. The first-order valence-electron chi connectivity index (χ1n) is 10.8. The second kappa shape index (κ2) is 8.50. The molecule has 0 aliphatic heterocycles. The van der Waals surface area contributed by atoms with E-state index < -0.39 is 6.10 Å². The normalized spacial score (nSPS) is 13.5. The molecule has 3 aromatic rings. The van der Waals surface area contributed by atoms with Crippen molar-refractivity contribution >= 4 is 5.65 Å². The molecule has 0 aliphatic carbocycles. The lowest BCUT2D eigenvalue weighted by atomic mass is 9.72. The Morgan fingerprint density at radius 1 is 1.06 bits per heavy atom. The minimum Gasteiger partial charge on any atom is -0.491 e. The van der Waals surface area contributed by atoms with E-state index in [0.717, 1.165) is 23.6 Å². The molecule has 3 rings (SSSR count). The molecule has 1 N–H and O–H groups in total. The van der Waals surface area contributed by atoms with Crippen LogP contribution >= 0.6 is 0 Å². The second-order valence-electron chi connectivity index (χ2n) is 10.4. The van der Waals surface area contributed by atoms with Crippen LogP contribution in [-0.2, 0) is 12.0 Å². The van der Waals surface area contributed by atoms with E-state index in [-0.39, 0.29) is 23.0 Å². The van der Waals surface area contributed by atoms with Crippen LogP contribution in [0.25, 0.3) is 5.65 Å². The maximum absolute atomic E-state index is 12.1. The smallest absolute Gasteiger partial charge is 0.274 e. The van der Waals surface area contributed by atoms with E-state index in [9.17, 15) is 9.90 Å². The highest BCUT2D eigenvalue weighted by molar-refractivity contribution is 5.41. The molecule has 0 saturated carbocycles. The third-order valence-corrected chi connectivity index (χ3v) is 5.50. The van der Waals surface area contributed by atoms with Crippen LogP contribution in [-0.4, -0.2) is 32.0 Å². The quantitative estimate of drug-likeness (QED) is 0.614. The zero-order valence-corrected chi connectivity index (χ0v) is 19.8. The molecule has 2 heterocycles. The summed E-state index contributed by atoms with van der Waals surface area (Å²) in [7, 11) is 0. The number of aliphatic hydroxyl groups excluding tert-OH is 1. The molecule has 0 unspecified atom stereocenters. The summed E-state index contributed by atoms with van der Waals surface area (Å²) in [6.07, 6.45) is 0.359. The lowest BCUT2D eigenvalue weighted by molar-refractivity contribution is 0.0926. The second-order valence-corrected chi connectivity index (χ2v) is 10.4. The van der Waals surface area contributed by atoms with Crippen molar-refractivity contribution in [1.29, 1.82) is 0 Å². The Morgan fingerprint density at radius 3 is 2.32 bits per heavy atom. The molecule has 0 radical (unpaired) electrons. The summed E-state index contributed by atoms with van der Waals surface area (Å²) in [4.78, 5) is 12.1. The van der Waals surface area contributed by atoms with Crippen LogP contribution in [0.1, 0.15) is 58.0 Å². The summed E-state index contributed by atoms with van der Waals surface area (Å²) >= 11 is 0. The molecule has 0 saturated heterocycles. The van der Waals surface area contributed by atoms with Gasteiger partial charge in [0.1, 0.15) is 24.1 Å². The Hall–Kier alpha value is -2.60. The number of hydrogen-bond donors (Lipinski definition) is 1. The summed E-state index contributed by atoms with van der Waals surface area (Å²) in [5, 5.41) is 14.8. The van der Waals surface area contributed by atoms with Crippen LogP contribution in [0.2, 0.25) is 0 Å². The van der Waals surface area contributed by atoms with Gasteiger partial charge in [0.2, 0.25) is 0 Å². The zero-order chi connectivity index (χ0) is 23.0. The number of nitrogens with zero attached hydrogens (tertiary/aromatic N) is 3. The maximum atomic E-state index is 12.1.